The third-order valence-corrected chi connectivity index (χ3v) is 4.64. The van der Waals surface area contributed by atoms with Crippen LogP contribution in [-0.2, 0) is 6.42 Å². The maximum Gasteiger partial charge on any atom is 0.288 e. The number of hydrogen-bond donors (Lipinski definition) is 1. The zero-order valence-corrected chi connectivity index (χ0v) is 15.9. The van der Waals surface area contributed by atoms with Crippen LogP contribution in [0.1, 0.15) is 18.1 Å². The van der Waals surface area contributed by atoms with Crippen molar-refractivity contribution < 1.29 is 13.5 Å². The summed E-state index contributed by atoms with van der Waals surface area (Å²) in [5.74, 6) is -1.61. The molecule has 0 radical (unpaired) electrons. The summed E-state index contributed by atoms with van der Waals surface area (Å²) in [6, 6.07) is 7.75. The van der Waals surface area contributed by atoms with Gasteiger partial charge in [0, 0.05) is 27.9 Å². The zero-order valence-electron chi connectivity index (χ0n) is 15.1. The highest BCUT2D eigenvalue weighted by atomic mass is 35.5. The molecule has 3 aromatic rings. The van der Waals surface area contributed by atoms with Crippen molar-refractivity contribution in [2.45, 2.75) is 13.3 Å². The first-order chi connectivity index (χ1) is 14.0. The Labute approximate surface area is 170 Å². The predicted octanol–water partition coefficient (Wildman–Crippen LogP) is 6.45. The Kier molecular flexibility index (Phi) is 4.87. The fourth-order valence-corrected chi connectivity index (χ4v) is 3.17. The number of benzene rings is 2. The highest BCUT2D eigenvalue weighted by Crippen LogP contribution is 2.40. The number of allylic oxidation sites excluding steroid dienone is 1. The largest absolute Gasteiger partial charge is 0.446 e. The molecule has 1 aromatic heterocycles. The van der Waals surface area contributed by atoms with Crippen molar-refractivity contribution in [3.05, 3.63) is 81.4 Å². The van der Waals surface area contributed by atoms with Gasteiger partial charge in [-0.05, 0) is 37.6 Å². The van der Waals surface area contributed by atoms with Crippen molar-refractivity contribution in [1.82, 2.24) is 9.97 Å². The second-order valence-electron chi connectivity index (χ2n) is 6.45. The number of nitrogens with zero attached hydrogens (tertiary/aromatic N) is 3. The normalized spacial score (nSPS) is 12.2. The Balaban J connectivity index is 1.70. The standard InChI is InChI=1S/C21H13ClF2N4O/c1-11-7-14-15(8-11)18(24)17(9-16(14)23)29-21-19(25-2)20(26-10-27-21)28-13-5-3-12(22)4-6-13/h3-6,8-10H,7H2,1H3,(H,26,27,28). The van der Waals surface area contributed by atoms with Gasteiger partial charge in [0.15, 0.2) is 11.6 Å². The lowest BCUT2D eigenvalue weighted by molar-refractivity contribution is 0.422. The minimum atomic E-state index is -0.694. The van der Waals surface area contributed by atoms with E-state index in [0.717, 1.165) is 11.6 Å². The smallest absolute Gasteiger partial charge is 0.288 e. The Morgan fingerprint density at radius 3 is 2.69 bits per heavy atom. The van der Waals surface area contributed by atoms with E-state index in [0.29, 0.717) is 22.7 Å². The van der Waals surface area contributed by atoms with Crippen LogP contribution >= 0.6 is 11.6 Å². The molecule has 0 saturated carbocycles. The first-order valence-electron chi connectivity index (χ1n) is 8.57. The van der Waals surface area contributed by atoms with Crippen LogP contribution in [0.25, 0.3) is 10.9 Å². The summed E-state index contributed by atoms with van der Waals surface area (Å²) in [4.78, 5) is 11.4. The Hall–Kier alpha value is -3.50. The Bertz CT molecular complexity index is 1190. The van der Waals surface area contributed by atoms with Crippen molar-refractivity contribution in [2.24, 2.45) is 0 Å². The maximum atomic E-state index is 14.8. The van der Waals surface area contributed by atoms with E-state index in [1.807, 2.05) is 0 Å². The van der Waals surface area contributed by atoms with Gasteiger partial charge in [0.05, 0.1) is 6.57 Å². The molecular formula is C21H13ClF2N4O. The van der Waals surface area contributed by atoms with E-state index in [9.17, 15) is 8.78 Å². The number of halogens is 3. The lowest BCUT2D eigenvalue weighted by atomic mass is 10.1. The monoisotopic (exact) mass is 410 g/mol. The van der Waals surface area contributed by atoms with Crippen LogP contribution in [0.2, 0.25) is 5.02 Å². The van der Waals surface area contributed by atoms with E-state index in [1.54, 1.807) is 37.3 Å². The van der Waals surface area contributed by atoms with Gasteiger partial charge in [-0.25, -0.2) is 23.6 Å². The van der Waals surface area contributed by atoms with Gasteiger partial charge < -0.3 is 10.1 Å². The van der Waals surface area contributed by atoms with Crippen molar-refractivity contribution in [2.75, 3.05) is 5.32 Å². The van der Waals surface area contributed by atoms with Crippen molar-refractivity contribution >= 4 is 34.9 Å². The molecule has 144 valence electrons. The molecule has 0 bridgehead atoms. The molecule has 29 heavy (non-hydrogen) atoms. The van der Waals surface area contributed by atoms with Gasteiger partial charge in [-0.1, -0.05) is 23.3 Å². The molecule has 4 rings (SSSR count). The molecule has 0 fully saturated rings. The summed E-state index contributed by atoms with van der Waals surface area (Å²) in [7, 11) is 0. The lowest BCUT2D eigenvalue weighted by Crippen LogP contribution is -2.00. The molecule has 1 aliphatic carbocycles. The van der Waals surface area contributed by atoms with E-state index < -0.39 is 11.6 Å². The van der Waals surface area contributed by atoms with Gasteiger partial charge in [-0.2, -0.15) is 0 Å². The van der Waals surface area contributed by atoms with Gasteiger partial charge >= 0.3 is 0 Å². The molecule has 0 atom stereocenters. The fourth-order valence-electron chi connectivity index (χ4n) is 3.04. The molecule has 0 unspecified atom stereocenters. The quantitative estimate of drug-likeness (QED) is 0.502. The number of ether oxygens (including phenoxy) is 1. The summed E-state index contributed by atoms with van der Waals surface area (Å²) < 4.78 is 34.7. The fraction of sp³-hybridized carbons (Fsp3) is 0.0952. The number of fused-ring (bicyclic) bond motifs is 1. The van der Waals surface area contributed by atoms with Gasteiger partial charge in [-0.3, -0.25) is 0 Å². The molecule has 0 saturated heterocycles. The number of hydrogen-bond acceptors (Lipinski definition) is 4. The van der Waals surface area contributed by atoms with Crippen LogP contribution in [0.15, 0.2) is 42.2 Å². The average molecular weight is 411 g/mol. The van der Waals surface area contributed by atoms with Gasteiger partial charge in [-0.15, -0.1) is 0 Å². The Morgan fingerprint density at radius 2 is 1.97 bits per heavy atom. The minimum absolute atomic E-state index is 0.0607. The van der Waals surface area contributed by atoms with Crippen LogP contribution < -0.4 is 10.1 Å². The number of nitrogens with one attached hydrogen (secondary N) is 1. The van der Waals surface area contributed by atoms with E-state index in [4.69, 9.17) is 22.9 Å². The molecular weight excluding hydrogens is 398 g/mol. The Morgan fingerprint density at radius 1 is 1.21 bits per heavy atom. The van der Waals surface area contributed by atoms with E-state index >= 15 is 0 Å². The zero-order chi connectivity index (χ0) is 20.5. The molecule has 1 heterocycles. The maximum absolute atomic E-state index is 14.8. The highest BCUT2D eigenvalue weighted by Gasteiger charge is 2.24. The summed E-state index contributed by atoms with van der Waals surface area (Å²) in [6.45, 7) is 9.26. The molecule has 1 N–H and O–H groups in total. The van der Waals surface area contributed by atoms with Gasteiger partial charge in [0.25, 0.3) is 5.69 Å². The summed E-state index contributed by atoms with van der Waals surface area (Å²) in [5, 5.41) is 3.53. The van der Waals surface area contributed by atoms with Crippen molar-refractivity contribution in [3.8, 4) is 11.6 Å². The lowest BCUT2D eigenvalue weighted by Gasteiger charge is -2.13. The van der Waals surface area contributed by atoms with Gasteiger partial charge in [0.1, 0.15) is 18.0 Å². The average Bonchev–Trinajstić information content (AvgIpc) is 3.10. The second-order valence-corrected chi connectivity index (χ2v) is 6.89. The summed E-state index contributed by atoms with van der Waals surface area (Å²) in [5.41, 5.74) is 1.89. The molecule has 1 aliphatic rings. The SMILES string of the molecule is [C-]#[N+]c1c(Nc2ccc(Cl)cc2)ncnc1Oc1cc(F)c2c(c1F)C=C(C)C2. The predicted molar refractivity (Wildman–Crippen MR) is 107 cm³/mol. The number of aromatic nitrogens is 2. The summed E-state index contributed by atoms with van der Waals surface area (Å²) >= 11 is 5.87. The van der Waals surface area contributed by atoms with Crippen molar-refractivity contribution in [1.29, 1.82) is 0 Å². The molecule has 5 nitrogen and oxygen atoms in total. The van der Waals surface area contributed by atoms with Crippen LogP contribution in [-0.4, -0.2) is 9.97 Å². The highest BCUT2D eigenvalue weighted by molar-refractivity contribution is 6.30. The third-order valence-electron chi connectivity index (χ3n) is 4.38. The van der Waals surface area contributed by atoms with E-state index in [2.05, 4.69) is 20.1 Å². The minimum Gasteiger partial charge on any atom is -0.446 e. The first-order valence-corrected chi connectivity index (χ1v) is 8.95. The van der Waals surface area contributed by atoms with E-state index in [-0.39, 0.29) is 28.7 Å². The van der Waals surface area contributed by atoms with Crippen molar-refractivity contribution in [3.63, 3.8) is 0 Å². The first kappa shape index (κ1) is 18.8. The molecule has 0 amide bonds. The number of anilines is 2. The van der Waals surface area contributed by atoms with Crippen LogP contribution in [0.5, 0.6) is 11.6 Å². The molecule has 0 spiro atoms. The summed E-state index contributed by atoms with van der Waals surface area (Å²) in [6.07, 6.45) is 3.12. The molecule has 2 aromatic carbocycles. The van der Waals surface area contributed by atoms with E-state index in [1.165, 1.54) is 6.33 Å². The number of rotatable bonds is 4. The second kappa shape index (κ2) is 7.49. The third kappa shape index (κ3) is 3.62. The molecule has 0 aliphatic heterocycles. The topological polar surface area (TPSA) is 51.4 Å². The molecule has 8 heteroatoms. The van der Waals surface area contributed by atoms with Crippen LogP contribution in [0, 0.1) is 18.2 Å². The van der Waals surface area contributed by atoms with Crippen LogP contribution in [0.4, 0.5) is 26.0 Å². The van der Waals surface area contributed by atoms with Gasteiger partial charge in [0.2, 0.25) is 5.88 Å². The van der Waals surface area contributed by atoms with Crippen LogP contribution in [0.3, 0.4) is 0 Å².